The van der Waals surface area contributed by atoms with Crippen LogP contribution in [0, 0.1) is 0 Å². The number of hydrogen-bond donors (Lipinski definition) is 0. The van der Waals surface area contributed by atoms with Gasteiger partial charge in [0.25, 0.3) is 0 Å². The molecule has 0 bridgehead atoms. The summed E-state index contributed by atoms with van der Waals surface area (Å²) in [5.41, 5.74) is 1.33. The predicted octanol–water partition coefficient (Wildman–Crippen LogP) is 2.30. The molecule has 0 N–H and O–H groups in total. The molecule has 0 atom stereocenters. The monoisotopic (exact) mass is 242 g/mol. The van der Waals surface area contributed by atoms with Crippen molar-refractivity contribution in [1.82, 2.24) is 9.97 Å². The van der Waals surface area contributed by atoms with E-state index in [1.807, 2.05) is 6.92 Å². The molecule has 2 aromatic rings. The van der Waals surface area contributed by atoms with Gasteiger partial charge in [0.15, 0.2) is 5.78 Å². The van der Waals surface area contributed by atoms with E-state index in [0.717, 1.165) is 5.75 Å². The highest BCUT2D eigenvalue weighted by Gasteiger charge is 2.08. The first kappa shape index (κ1) is 12.2. The molecule has 0 fully saturated rings. The van der Waals surface area contributed by atoms with E-state index in [-0.39, 0.29) is 12.2 Å². The largest absolute Gasteiger partial charge is 0.494 e. The number of rotatable bonds is 5. The van der Waals surface area contributed by atoms with E-state index in [1.165, 1.54) is 0 Å². The molecular formula is C14H14N2O2. The molecule has 4 nitrogen and oxygen atoms in total. The van der Waals surface area contributed by atoms with Crippen LogP contribution in [0.25, 0.3) is 0 Å². The Morgan fingerprint density at radius 3 is 2.61 bits per heavy atom. The number of ketones is 1. The number of hydrogen-bond acceptors (Lipinski definition) is 4. The third-order valence-electron chi connectivity index (χ3n) is 2.45. The summed E-state index contributed by atoms with van der Waals surface area (Å²) in [6, 6.07) is 7.13. The summed E-state index contributed by atoms with van der Waals surface area (Å²) in [7, 11) is 0. The van der Waals surface area contributed by atoms with Crippen LogP contribution >= 0.6 is 0 Å². The minimum atomic E-state index is 0.0264. The molecule has 18 heavy (non-hydrogen) atoms. The third kappa shape index (κ3) is 3.13. The topological polar surface area (TPSA) is 52.1 Å². The SMILES string of the molecule is CCOc1ccc(C(=O)Cc2cnccn2)cc1. The molecule has 4 heteroatoms. The van der Waals surface area contributed by atoms with E-state index in [9.17, 15) is 4.79 Å². The molecule has 92 valence electrons. The van der Waals surface area contributed by atoms with Gasteiger partial charge in [0.2, 0.25) is 0 Å². The number of carbonyl (C=O) groups is 1. The fourth-order valence-electron chi connectivity index (χ4n) is 1.59. The second kappa shape index (κ2) is 5.91. The van der Waals surface area contributed by atoms with Crippen molar-refractivity contribution in [3.05, 3.63) is 54.1 Å². The van der Waals surface area contributed by atoms with Crippen molar-refractivity contribution in [2.45, 2.75) is 13.3 Å². The quantitative estimate of drug-likeness (QED) is 0.755. The molecule has 0 spiro atoms. The van der Waals surface area contributed by atoms with Gasteiger partial charge in [-0.25, -0.2) is 0 Å². The molecule has 0 saturated heterocycles. The zero-order chi connectivity index (χ0) is 12.8. The highest BCUT2D eigenvalue weighted by atomic mass is 16.5. The van der Waals surface area contributed by atoms with Gasteiger partial charge >= 0.3 is 0 Å². The molecule has 1 heterocycles. The summed E-state index contributed by atoms with van der Waals surface area (Å²) < 4.78 is 5.33. The lowest BCUT2D eigenvalue weighted by molar-refractivity contribution is 0.0992. The maximum Gasteiger partial charge on any atom is 0.168 e. The number of ether oxygens (including phenoxy) is 1. The van der Waals surface area contributed by atoms with Crippen LogP contribution in [0.15, 0.2) is 42.9 Å². The van der Waals surface area contributed by atoms with Gasteiger partial charge in [-0.05, 0) is 31.2 Å². The second-order valence-corrected chi connectivity index (χ2v) is 3.75. The standard InChI is InChI=1S/C14H14N2O2/c1-2-18-13-5-3-11(4-6-13)14(17)9-12-10-15-7-8-16-12/h3-8,10H,2,9H2,1H3. The first-order chi connectivity index (χ1) is 8.79. The summed E-state index contributed by atoms with van der Waals surface area (Å²) in [6.07, 6.45) is 5.04. The van der Waals surface area contributed by atoms with Crippen LogP contribution in [0.1, 0.15) is 23.0 Å². The summed E-state index contributed by atoms with van der Waals surface area (Å²) in [5.74, 6) is 0.798. The number of aromatic nitrogens is 2. The molecule has 0 aliphatic heterocycles. The number of nitrogens with zero attached hydrogens (tertiary/aromatic N) is 2. The van der Waals surface area contributed by atoms with Crippen LogP contribution in [0.4, 0.5) is 0 Å². The minimum absolute atomic E-state index is 0.0264. The number of carbonyl (C=O) groups excluding carboxylic acids is 1. The van der Waals surface area contributed by atoms with Crippen LogP contribution in [0.3, 0.4) is 0 Å². The van der Waals surface area contributed by atoms with Gasteiger partial charge in [-0.15, -0.1) is 0 Å². The van der Waals surface area contributed by atoms with E-state index < -0.39 is 0 Å². The van der Waals surface area contributed by atoms with Gasteiger partial charge in [-0.3, -0.25) is 14.8 Å². The Labute approximate surface area is 106 Å². The lowest BCUT2D eigenvalue weighted by Gasteiger charge is -2.04. The Kier molecular flexibility index (Phi) is 4.02. The van der Waals surface area contributed by atoms with Crippen molar-refractivity contribution in [3.8, 4) is 5.75 Å². The van der Waals surface area contributed by atoms with Crippen LogP contribution in [0.2, 0.25) is 0 Å². The molecule has 2 rings (SSSR count). The average Bonchev–Trinajstić information content (AvgIpc) is 2.41. The lowest BCUT2D eigenvalue weighted by Crippen LogP contribution is -2.05. The van der Waals surface area contributed by atoms with E-state index in [2.05, 4.69) is 9.97 Å². The summed E-state index contributed by atoms with van der Waals surface area (Å²) in [5, 5.41) is 0. The first-order valence-electron chi connectivity index (χ1n) is 5.80. The van der Waals surface area contributed by atoms with Gasteiger partial charge in [0.05, 0.1) is 18.7 Å². The molecule has 0 radical (unpaired) electrons. The molecule has 1 aromatic heterocycles. The Morgan fingerprint density at radius 2 is 2.00 bits per heavy atom. The van der Waals surface area contributed by atoms with Crippen molar-refractivity contribution in [2.75, 3.05) is 6.61 Å². The highest BCUT2D eigenvalue weighted by Crippen LogP contribution is 2.13. The first-order valence-corrected chi connectivity index (χ1v) is 5.80. The van der Waals surface area contributed by atoms with Crippen LogP contribution in [-0.4, -0.2) is 22.4 Å². The third-order valence-corrected chi connectivity index (χ3v) is 2.45. The second-order valence-electron chi connectivity index (χ2n) is 3.75. The molecule has 0 amide bonds. The van der Waals surface area contributed by atoms with Gasteiger partial charge in [0, 0.05) is 24.2 Å². The maximum absolute atomic E-state index is 12.0. The van der Waals surface area contributed by atoms with Crippen LogP contribution in [-0.2, 0) is 6.42 Å². The van der Waals surface area contributed by atoms with Crippen LogP contribution in [0.5, 0.6) is 5.75 Å². The lowest BCUT2D eigenvalue weighted by atomic mass is 10.1. The molecule has 0 saturated carbocycles. The Morgan fingerprint density at radius 1 is 1.22 bits per heavy atom. The number of Topliss-reactive ketones (excluding diaryl/α,β-unsaturated/α-hetero) is 1. The summed E-state index contributed by atoms with van der Waals surface area (Å²) in [4.78, 5) is 20.0. The highest BCUT2D eigenvalue weighted by molar-refractivity contribution is 5.97. The Bertz CT molecular complexity index is 509. The van der Waals surface area contributed by atoms with E-state index in [1.54, 1.807) is 42.9 Å². The fraction of sp³-hybridized carbons (Fsp3) is 0.214. The van der Waals surface area contributed by atoms with Crippen molar-refractivity contribution in [2.24, 2.45) is 0 Å². The van der Waals surface area contributed by atoms with Gasteiger partial charge < -0.3 is 4.74 Å². The molecular weight excluding hydrogens is 228 g/mol. The molecule has 1 aromatic carbocycles. The van der Waals surface area contributed by atoms with Crippen molar-refractivity contribution >= 4 is 5.78 Å². The maximum atomic E-state index is 12.0. The van der Waals surface area contributed by atoms with Crippen molar-refractivity contribution < 1.29 is 9.53 Å². The Hall–Kier alpha value is -2.23. The van der Waals surface area contributed by atoms with E-state index >= 15 is 0 Å². The van der Waals surface area contributed by atoms with Gasteiger partial charge in [-0.1, -0.05) is 0 Å². The molecule has 0 aliphatic rings. The van der Waals surface area contributed by atoms with Gasteiger partial charge in [-0.2, -0.15) is 0 Å². The number of benzene rings is 1. The zero-order valence-electron chi connectivity index (χ0n) is 10.2. The van der Waals surface area contributed by atoms with Crippen LogP contribution < -0.4 is 4.74 Å². The molecule has 0 aliphatic carbocycles. The Balaban J connectivity index is 2.05. The summed E-state index contributed by atoms with van der Waals surface area (Å²) >= 11 is 0. The van der Waals surface area contributed by atoms with E-state index in [4.69, 9.17) is 4.74 Å². The zero-order valence-corrected chi connectivity index (χ0v) is 10.2. The predicted molar refractivity (Wildman–Crippen MR) is 67.7 cm³/mol. The van der Waals surface area contributed by atoms with Gasteiger partial charge in [0.1, 0.15) is 5.75 Å². The minimum Gasteiger partial charge on any atom is -0.494 e. The average molecular weight is 242 g/mol. The van der Waals surface area contributed by atoms with Crippen molar-refractivity contribution in [3.63, 3.8) is 0 Å². The van der Waals surface area contributed by atoms with Crippen molar-refractivity contribution in [1.29, 1.82) is 0 Å². The smallest absolute Gasteiger partial charge is 0.168 e. The normalized spacial score (nSPS) is 10.1. The molecule has 0 unspecified atom stereocenters. The fourth-order valence-corrected chi connectivity index (χ4v) is 1.59. The summed E-state index contributed by atoms with van der Waals surface area (Å²) in [6.45, 7) is 2.54. The van der Waals surface area contributed by atoms with E-state index in [0.29, 0.717) is 17.9 Å².